The molecule has 0 bridgehead atoms. The van der Waals surface area contributed by atoms with Crippen LogP contribution in [0.1, 0.15) is 239 Å². The van der Waals surface area contributed by atoms with Crippen LogP contribution in [-0.4, -0.2) is 47.4 Å². The fourth-order valence-electron chi connectivity index (χ4n) is 6.81. The number of carbonyl (C=O) groups is 2. The molecule has 0 aliphatic heterocycles. The lowest BCUT2D eigenvalue weighted by molar-refractivity contribution is -0.143. The number of nitrogens with one attached hydrogen (secondary N) is 1. The molecule has 2 atom stereocenters. The Morgan fingerprint density at radius 2 is 0.922 bits per heavy atom. The molecule has 2 unspecified atom stereocenters. The van der Waals surface area contributed by atoms with E-state index in [1.807, 2.05) is 0 Å². The van der Waals surface area contributed by atoms with Gasteiger partial charge in [-0.05, 0) is 51.4 Å². The van der Waals surface area contributed by atoms with E-state index in [1.54, 1.807) is 0 Å². The third-order valence-electron chi connectivity index (χ3n) is 10.3. The van der Waals surface area contributed by atoms with E-state index in [2.05, 4.69) is 31.3 Å². The summed E-state index contributed by atoms with van der Waals surface area (Å²) < 4.78 is 5.43. The molecule has 0 radical (unpaired) electrons. The fourth-order valence-corrected chi connectivity index (χ4v) is 6.81. The minimum atomic E-state index is -0.679. The molecule has 0 aromatic carbocycles. The largest absolute Gasteiger partial charge is 0.466 e. The normalized spacial score (nSPS) is 12.8. The lowest BCUT2D eigenvalue weighted by Gasteiger charge is -2.22. The summed E-state index contributed by atoms with van der Waals surface area (Å²) in [7, 11) is 0. The Balaban J connectivity index is 3.50. The number of hydrogen-bond donors (Lipinski definition) is 3. The van der Waals surface area contributed by atoms with E-state index in [4.69, 9.17) is 4.74 Å². The van der Waals surface area contributed by atoms with E-state index in [0.717, 1.165) is 57.8 Å². The molecule has 6 nitrogen and oxygen atoms in total. The number of carbonyl (C=O) groups excluding carboxylic acids is 2. The lowest BCUT2D eigenvalue weighted by Crippen LogP contribution is -2.45. The predicted molar refractivity (Wildman–Crippen MR) is 218 cm³/mol. The highest BCUT2D eigenvalue weighted by molar-refractivity contribution is 5.76. The van der Waals surface area contributed by atoms with Gasteiger partial charge in [0.25, 0.3) is 0 Å². The number of allylic oxidation sites excluding steroid dienone is 2. The van der Waals surface area contributed by atoms with Crippen molar-refractivity contribution >= 4 is 11.9 Å². The molecule has 0 aliphatic rings. The van der Waals surface area contributed by atoms with Crippen molar-refractivity contribution in [3.63, 3.8) is 0 Å². The van der Waals surface area contributed by atoms with Crippen LogP contribution >= 0.6 is 0 Å². The van der Waals surface area contributed by atoms with Crippen LogP contribution < -0.4 is 5.32 Å². The van der Waals surface area contributed by atoms with E-state index in [9.17, 15) is 19.8 Å². The Kier molecular flexibility index (Phi) is 40.2. The summed E-state index contributed by atoms with van der Waals surface area (Å²) in [5.74, 6) is -0.0988. The first-order chi connectivity index (χ1) is 25.0. The zero-order chi connectivity index (χ0) is 37.3. The Labute approximate surface area is 317 Å². The minimum Gasteiger partial charge on any atom is -0.466 e. The molecule has 1 amide bonds. The van der Waals surface area contributed by atoms with Crippen molar-refractivity contribution in [3.8, 4) is 0 Å². The molecule has 51 heavy (non-hydrogen) atoms. The molecule has 6 heteroatoms. The van der Waals surface area contributed by atoms with E-state index < -0.39 is 12.1 Å². The highest BCUT2D eigenvalue weighted by atomic mass is 16.5. The van der Waals surface area contributed by atoms with Gasteiger partial charge in [0, 0.05) is 12.8 Å². The van der Waals surface area contributed by atoms with E-state index in [-0.39, 0.29) is 18.5 Å². The van der Waals surface area contributed by atoms with Gasteiger partial charge in [-0.3, -0.25) is 9.59 Å². The first-order valence-electron chi connectivity index (χ1n) is 22.4. The molecule has 0 aromatic heterocycles. The van der Waals surface area contributed by atoms with Crippen LogP contribution in [0.15, 0.2) is 12.2 Å². The third-order valence-corrected chi connectivity index (χ3v) is 10.3. The highest BCUT2D eigenvalue weighted by Gasteiger charge is 2.20. The van der Waals surface area contributed by atoms with Crippen LogP contribution in [0.3, 0.4) is 0 Å². The molecule has 302 valence electrons. The van der Waals surface area contributed by atoms with Gasteiger partial charge < -0.3 is 20.3 Å². The zero-order valence-electron chi connectivity index (χ0n) is 34.1. The molecule has 0 aliphatic carbocycles. The van der Waals surface area contributed by atoms with Gasteiger partial charge >= 0.3 is 5.97 Å². The van der Waals surface area contributed by atoms with Gasteiger partial charge in [0.15, 0.2) is 0 Å². The lowest BCUT2D eigenvalue weighted by atomic mass is 10.0. The van der Waals surface area contributed by atoms with Crippen LogP contribution in [0.2, 0.25) is 0 Å². The number of hydrogen-bond acceptors (Lipinski definition) is 5. The second-order valence-electron chi connectivity index (χ2n) is 15.4. The Morgan fingerprint density at radius 1 is 0.529 bits per heavy atom. The number of ether oxygens (including phenoxy) is 1. The zero-order valence-corrected chi connectivity index (χ0v) is 34.1. The van der Waals surface area contributed by atoms with Crippen molar-refractivity contribution in [1.29, 1.82) is 0 Å². The third kappa shape index (κ3) is 38.1. The minimum absolute atomic E-state index is 0.0347. The van der Waals surface area contributed by atoms with Gasteiger partial charge in [-0.1, -0.05) is 187 Å². The molecule has 0 aromatic rings. The Hall–Kier alpha value is -1.40. The smallest absolute Gasteiger partial charge is 0.305 e. The van der Waals surface area contributed by atoms with Crippen molar-refractivity contribution in [3.05, 3.63) is 12.2 Å². The molecule has 0 rings (SSSR count). The maximum Gasteiger partial charge on any atom is 0.305 e. The molecule has 0 saturated heterocycles. The van der Waals surface area contributed by atoms with Gasteiger partial charge in [-0.2, -0.15) is 0 Å². The van der Waals surface area contributed by atoms with Gasteiger partial charge in [0.2, 0.25) is 5.91 Å². The first kappa shape index (κ1) is 49.6. The predicted octanol–water partition coefficient (Wildman–Crippen LogP) is 12.6. The maximum absolute atomic E-state index is 12.4. The second-order valence-corrected chi connectivity index (χ2v) is 15.4. The summed E-state index contributed by atoms with van der Waals surface area (Å²) in [6.07, 6.45) is 44.4. The molecular weight excluding hydrogens is 634 g/mol. The van der Waals surface area contributed by atoms with Gasteiger partial charge in [0.05, 0.1) is 25.4 Å². The van der Waals surface area contributed by atoms with Crippen molar-refractivity contribution in [2.75, 3.05) is 13.2 Å². The molecule has 0 heterocycles. The highest BCUT2D eigenvalue weighted by Crippen LogP contribution is 2.15. The van der Waals surface area contributed by atoms with Crippen molar-refractivity contribution in [2.24, 2.45) is 0 Å². The van der Waals surface area contributed by atoms with E-state index in [1.165, 1.54) is 148 Å². The van der Waals surface area contributed by atoms with Crippen molar-refractivity contribution in [2.45, 2.75) is 251 Å². The molecule has 0 saturated carbocycles. The van der Waals surface area contributed by atoms with Crippen molar-refractivity contribution in [1.82, 2.24) is 5.32 Å². The summed E-state index contributed by atoms with van der Waals surface area (Å²) in [6.45, 7) is 4.85. The summed E-state index contributed by atoms with van der Waals surface area (Å²) in [4.78, 5) is 24.4. The topological polar surface area (TPSA) is 95.9 Å². The Bertz CT molecular complexity index is 757. The van der Waals surface area contributed by atoms with Crippen LogP contribution in [0, 0.1) is 0 Å². The average molecular weight is 722 g/mol. The number of amides is 1. The number of aliphatic hydroxyl groups is 2. The quantitative estimate of drug-likeness (QED) is 0.0332. The van der Waals surface area contributed by atoms with Crippen LogP contribution in [0.25, 0.3) is 0 Å². The molecule has 3 N–H and O–H groups in total. The number of esters is 1. The number of unbranched alkanes of at least 4 members (excludes halogenated alkanes) is 28. The summed E-state index contributed by atoms with van der Waals surface area (Å²) >= 11 is 0. The average Bonchev–Trinajstić information content (AvgIpc) is 3.13. The van der Waals surface area contributed by atoms with Gasteiger partial charge in [0.1, 0.15) is 0 Å². The molecule has 0 spiro atoms. The SMILES string of the molecule is CCCCCC/C=C\CCCCCCCC(=O)OCCCCCCCCCCCC(=O)NC(CO)C(O)CCCCCCCCCCCCCC. The Morgan fingerprint density at radius 3 is 1.41 bits per heavy atom. The standard InChI is InChI=1S/C45H87NO5/c1-3-5-7-9-11-13-15-17-19-23-27-31-35-39-45(50)51-40-36-32-28-24-20-22-26-30-34-38-44(49)46-42(41-47)43(48)37-33-29-25-21-18-16-14-12-10-8-6-4-2/h13,15,42-43,47-48H,3-12,14,16-41H2,1-2H3,(H,46,49)/b15-13-. The maximum atomic E-state index is 12.4. The number of aliphatic hydroxyl groups excluding tert-OH is 2. The van der Waals surface area contributed by atoms with Crippen LogP contribution in [-0.2, 0) is 14.3 Å². The molecule has 0 fully saturated rings. The van der Waals surface area contributed by atoms with Crippen molar-refractivity contribution < 1.29 is 24.5 Å². The fraction of sp³-hybridized carbons (Fsp3) is 0.911. The molecular formula is C45H87NO5. The summed E-state index contributed by atoms with van der Waals surface area (Å²) in [6, 6.07) is -0.559. The summed E-state index contributed by atoms with van der Waals surface area (Å²) in [5, 5.41) is 23.1. The number of rotatable bonds is 41. The monoisotopic (exact) mass is 722 g/mol. The van der Waals surface area contributed by atoms with E-state index in [0.29, 0.717) is 25.9 Å². The second kappa shape index (κ2) is 41.4. The van der Waals surface area contributed by atoms with Crippen LogP contribution in [0.5, 0.6) is 0 Å². The van der Waals surface area contributed by atoms with Crippen LogP contribution in [0.4, 0.5) is 0 Å². The van der Waals surface area contributed by atoms with Gasteiger partial charge in [-0.25, -0.2) is 0 Å². The van der Waals surface area contributed by atoms with E-state index >= 15 is 0 Å². The first-order valence-corrected chi connectivity index (χ1v) is 22.4. The summed E-state index contributed by atoms with van der Waals surface area (Å²) in [5.41, 5.74) is 0. The van der Waals surface area contributed by atoms with Gasteiger partial charge in [-0.15, -0.1) is 0 Å².